The van der Waals surface area contributed by atoms with Crippen LogP contribution in [0.3, 0.4) is 0 Å². The fraction of sp³-hybridized carbons (Fsp3) is 0.167. The van der Waals surface area contributed by atoms with Gasteiger partial charge in [-0.2, -0.15) is 0 Å². The molecule has 0 aliphatic heterocycles. The topological polar surface area (TPSA) is 83.6 Å². The highest BCUT2D eigenvalue weighted by atomic mass is 35.5. The van der Waals surface area contributed by atoms with E-state index in [4.69, 9.17) is 21.2 Å². The summed E-state index contributed by atoms with van der Waals surface area (Å²) in [6.45, 7) is 1.42. The number of aliphatic hydroxyl groups excluding tert-OH is 1. The van der Waals surface area contributed by atoms with Gasteiger partial charge < -0.3 is 14.7 Å². The first-order valence-electron chi connectivity index (χ1n) is 5.17. The molecular weight excluding hydrogens is 258 g/mol. The number of aliphatic hydroxyl groups is 1. The van der Waals surface area contributed by atoms with Gasteiger partial charge in [0.25, 0.3) is 0 Å². The molecule has 2 N–H and O–H groups in total. The molecule has 0 aliphatic rings. The third-order valence-corrected chi connectivity index (χ3v) is 2.68. The van der Waals surface area contributed by atoms with E-state index in [-0.39, 0.29) is 17.0 Å². The number of aromatic nitrogens is 1. The van der Waals surface area contributed by atoms with Crippen LogP contribution < -0.4 is 0 Å². The van der Waals surface area contributed by atoms with Crippen LogP contribution in [0.1, 0.15) is 29.1 Å². The Labute approximate surface area is 108 Å². The van der Waals surface area contributed by atoms with Crippen molar-refractivity contribution in [2.75, 3.05) is 0 Å². The van der Waals surface area contributed by atoms with E-state index in [1.165, 1.54) is 6.92 Å². The van der Waals surface area contributed by atoms with Crippen LogP contribution in [0.2, 0.25) is 5.02 Å². The average Bonchev–Trinajstić information content (AvgIpc) is 2.74. The highest BCUT2D eigenvalue weighted by Crippen LogP contribution is 2.29. The van der Waals surface area contributed by atoms with Gasteiger partial charge in [-0.05, 0) is 19.1 Å². The van der Waals surface area contributed by atoms with E-state index in [0.717, 1.165) is 0 Å². The fourth-order valence-electron chi connectivity index (χ4n) is 1.60. The second kappa shape index (κ2) is 4.80. The summed E-state index contributed by atoms with van der Waals surface area (Å²) in [5, 5.41) is 22.8. The molecule has 2 rings (SSSR count). The average molecular weight is 268 g/mol. The number of halogens is 1. The molecule has 0 aliphatic carbocycles. The van der Waals surface area contributed by atoms with Crippen LogP contribution in [0.5, 0.6) is 0 Å². The minimum Gasteiger partial charge on any atom is -0.477 e. The van der Waals surface area contributed by atoms with Crippen LogP contribution in [-0.2, 0) is 0 Å². The van der Waals surface area contributed by atoms with Crippen molar-refractivity contribution in [3.63, 3.8) is 0 Å². The summed E-state index contributed by atoms with van der Waals surface area (Å²) < 4.78 is 4.89. The van der Waals surface area contributed by atoms with Crippen molar-refractivity contribution >= 4 is 17.6 Å². The monoisotopic (exact) mass is 267 g/mol. The van der Waals surface area contributed by atoms with E-state index < -0.39 is 12.1 Å². The van der Waals surface area contributed by atoms with E-state index in [1.807, 2.05) is 0 Å². The third kappa shape index (κ3) is 2.23. The molecule has 1 aromatic heterocycles. The Morgan fingerprint density at radius 2 is 2.00 bits per heavy atom. The standard InChI is InChI=1S/C12H10ClNO4/c1-6(15)11-9(12(16)17)10(14-18-11)7-2-4-8(13)5-3-7/h2-6,15H,1H3,(H,16,17)/t6-/m0/s1. The molecule has 18 heavy (non-hydrogen) atoms. The Hall–Kier alpha value is -1.85. The molecule has 0 unspecified atom stereocenters. The minimum absolute atomic E-state index is 0.0625. The van der Waals surface area contributed by atoms with Crippen molar-refractivity contribution in [2.24, 2.45) is 0 Å². The van der Waals surface area contributed by atoms with Gasteiger partial charge in [-0.15, -0.1) is 0 Å². The molecular formula is C12H10ClNO4. The molecule has 0 fully saturated rings. The zero-order chi connectivity index (χ0) is 13.3. The van der Waals surface area contributed by atoms with Crippen LogP contribution in [0.4, 0.5) is 0 Å². The first-order chi connectivity index (χ1) is 8.50. The van der Waals surface area contributed by atoms with Gasteiger partial charge in [0, 0.05) is 10.6 Å². The smallest absolute Gasteiger partial charge is 0.341 e. The Bertz CT molecular complexity index is 574. The zero-order valence-electron chi connectivity index (χ0n) is 9.42. The molecule has 6 heteroatoms. The SMILES string of the molecule is C[C@H](O)c1onc(-c2ccc(Cl)cc2)c1C(=O)O. The van der Waals surface area contributed by atoms with Crippen molar-refractivity contribution in [1.82, 2.24) is 5.16 Å². The zero-order valence-corrected chi connectivity index (χ0v) is 10.2. The van der Waals surface area contributed by atoms with Gasteiger partial charge >= 0.3 is 5.97 Å². The van der Waals surface area contributed by atoms with Gasteiger partial charge in [0.2, 0.25) is 0 Å². The van der Waals surface area contributed by atoms with Gasteiger partial charge in [0.15, 0.2) is 5.76 Å². The number of rotatable bonds is 3. The predicted molar refractivity (Wildman–Crippen MR) is 64.5 cm³/mol. The van der Waals surface area contributed by atoms with Gasteiger partial charge in [-0.3, -0.25) is 0 Å². The van der Waals surface area contributed by atoms with Crippen molar-refractivity contribution in [3.05, 3.63) is 40.6 Å². The van der Waals surface area contributed by atoms with Crippen LogP contribution in [-0.4, -0.2) is 21.3 Å². The summed E-state index contributed by atoms with van der Waals surface area (Å²) in [7, 11) is 0. The normalized spacial score (nSPS) is 12.4. The number of carboxylic acid groups (broad SMARTS) is 1. The van der Waals surface area contributed by atoms with Crippen molar-refractivity contribution in [1.29, 1.82) is 0 Å². The summed E-state index contributed by atoms with van der Waals surface area (Å²) >= 11 is 5.76. The Morgan fingerprint density at radius 3 is 2.50 bits per heavy atom. The Morgan fingerprint density at radius 1 is 1.39 bits per heavy atom. The molecule has 0 radical (unpaired) electrons. The van der Waals surface area contributed by atoms with Gasteiger partial charge in [-0.25, -0.2) is 4.79 Å². The molecule has 0 amide bonds. The second-order valence-corrected chi connectivity index (χ2v) is 4.19. The molecule has 5 nitrogen and oxygen atoms in total. The number of hydrogen-bond donors (Lipinski definition) is 2. The van der Waals surface area contributed by atoms with E-state index >= 15 is 0 Å². The highest BCUT2D eigenvalue weighted by molar-refractivity contribution is 6.30. The van der Waals surface area contributed by atoms with Crippen molar-refractivity contribution < 1.29 is 19.5 Å². The van der Waals surface area contributed by atoms with Crippen LogP contribution >= 0.6 is 11.6 Å². The van der Waals surface area contributed by atoms with E-state index in [0.29, 0.717) is 10.6 Å². The molecule has 2 aromatic rings. The van der Waals surface area contributed by atoms with Crippen LogP contribution in [0.15, 0.2) is 28.8 Å². The highest BCUT2D eigenvalue weighted by Gasteiger charge is 2.26. The van der Waals surface area contributed by atoms with Crippen LogP contribution in [0, 0.1) is 0 Å². The fourth-order valence-corrected chi connectivity index (χ4v) is 1.73. The number of aromatic carboxylic acids is 1. The third-order valence-electron chi connectivity index (χ3n) is 2.43. The number of carbonyl (C=O) groups is 1. The van der Waals surface area contributed by atoms with E-state index in [9.17, 15) is 9.90 Å². The summed E-state index contributed by atoms with van der Waals surface area (Å²) in [6.07, 6.45) is -1.04. The van der Waals surface area contributed by atoms with Crippen molar-refractivity contribution in [3.8, 4) is 11.3 Å². The molecule has 1 atom stereocenters. The number of benzene rings is 1. The van der Waals surface area contributed by atoms with E-state index in [2.05, 4.69) is 5.16 Å². The molecule has 1 heterocycles. The minimum atomic E-state index is -1.20. The molecule has 1 aromatic carbocycles. The van der Waals surface area contributed by atoms with Crippen LogP contribution in [0.25, 0.3) is 11.3 Å². The molecule has 0 saturated carbocycles. The Balaban J connectivity index is 2.58. The maximum atomic E-state index is 11.2. The summed E-state index contributed by atoms with van der Waals surface area (Å²) in [6, 6.07) is 6.52. The maximum Gasteiger partial charge on any atom is 0.341 e. The number of nitrogens with zero attached hydrogens (tertiary/aromatic N) is 1. The lowest BCUT2D eigenvalue weighted by Gasteiger charge is -2.01. The molecule has 0 spiro atoms. The van der Waals surface area contributed by atoms with Gasteiger partial charge in [0.05, 0.1) is 0 Å². The second-order valence-electron chi connectivity index (χ2n) is 3.76. The van der Waals surface area contributed by atoms with Crippen molar-refractivity contribution in [2.45, 2.75) is 13.0 Å². The quantitative estimate of drug-likeness (QED) is 0.893. The number of carboxylic acids is 1. The summed E-state index contributed by atoms with van der Waals surface area (Å²) in [4.78, 5) is 11.2. The maximum absolute atomic E-state index is 11.2. The predicted octanol–water partition coefficient (Wildman–Crippen LogP) is 2.75. The van der Waals surface area contributed by atoms with Gasteiger partial charge in [-0.1, -0.05) is 28.9 Å². The Kier molecular flexibility index (Phi) is 3.36. The molecule has 0 bridgehead atoms. The lowest BCUT2D eigenvalue weighted by atomic mass is 10.0. The summed E-state index contributed by atoms with van der Waals surface area (Å²) in [5.41, 5.74) is 0.606. The first-order valence-corrected chi connectivity index (χ1v) is 5.55. The molecule has 0 saturated heterocycles. The van der Waals surface area contributed by atoms with Gasteiger partial charge in [0.1, 0.15) is 17.4 Å². The first kappa shape index (κ1) is 12.6. The largest absolute Gasteiger partial charge is 0.477 e. The number of hydrogen-bond acceptors (Lipinski definition) is 4. The summed E-state index contributed by atoms with van der Waals surface area (Å²) in [5.74, 6) is -1.26. The molecule has 94 valence electrons. The lowest BCUT2D eigenvalue weighted by molar-refractivity contribution is 0.0685. The lowest BCUT2D eigenvalue weighted by Crippen LogP contribution is -2.03. The van der Waals surface area contributed by atoms with E-state index in [1.54, 1.807) is 24.3 Å².